The molecule has 4 heterocycles. The van der Waals surface area contributed by atoms with Gasteiger partial charge < -0.3 is 28.8 Å². The largest absolute Gasteiger partial charge is 0.493 e. The highest BCUT2D eigenvalue weighted by molar-refractivity contribution is 6.20. The number of hydrogen-bond donors (Lipinski definition) is 1. The lowest BCUT2D eigenvalue weighted by molar-refractivity contribution is -0.137. The van der Waals surface area contributed by atoms with Crippen molar-refractivity contribution in [2.45, 2.75) is 46.2 Å². The van der Waals surface area contributed by atoms with Crippen LogP contribution in [-0.2, 0) is 16.1 Å². The molecule has 1 atom stereocenters. The molecule has 0 radical (unpaired) electrons. The Morgan fingerprint density at radius 2 is 1.90 bits per heavy atom. The Morgan fingerprint density at radius 3 is 2.67 bits per heavy atom. The normalized spacial score (nSPS) is 15.5. The molecule has 0 saturated carbocycles. The Bertz CT molecular complexity index is 1630. The zero-order valence-corrected chi connectivity index (χ0v) is 24.5. The molecule has 2 amide bonds. The van der Waals surface area contributed by atoms with Crippen LogP contribution in [0, 0.1) is 5.41 Å². The highest BCUT2D eigenvalue weighted by Crippen LogP contribution is 2.40. The molecule has 0 saturated heterocycles. The van der Waals surface area contributed by atoms with Gasteiger partial charge in [0.2, 0.25) is 11.8 Å². The Morgan fingerprint density at radius 1 is 1.07 bits per heavy atom. The second-order valence-electron chi connectivity index (χ2n) is 11.0. The van der Waals surface area contributed by atoms with E-state index < -0.39 is 5.41 Å². The predicted octanol–water partition coefficient (Wildman–Crippen LogP) is 4.54. The number of nitrogens with zero attached hydrogens (tertiary/aromatic N) is 4. The SMILES string of the molecule is CCN1C(=O)C(C)(C)C(=O)N(C)c2cc(OCCCNC(CCn3ccc4ccoc4c3=O)c3cccnc3)ccc21. The number of benzene rings is 1. The predicted molar refractivity (Wildman–Crippen MR) is 162 cm³/mol. The van der Waals surface area contributed by atoms with E-state index in [9.17, 15) is 14.4 Å². The number of pyridine rings is 2. The molecule has 1 aliphatic heterocycles. The number of aromatic nitrogens is 2. The minimum Gasteiger partial charge on any atom is -0.493 e. The van der Waals surface area contributed by atoms with Gasteiger partial charge in [-0.05, 0) is 76.1 Å². The molecule has 0 bridgehead atoms. The number of amides is 2. The molecular weight excluding hydrogens is 534 g/mol. The van der Waals surface area contributed by atoms with Gasteiger partial charge >= 0.3 is 0 Å². The van der Waals surface area contributed by atoms with Crippen LogP contribution in [0.25, 0.3) is 11.0 Å². The van der Waals surface area contributed by atoms with Gasteiger partial charge in [-0.15, -0.1) is 0 Å². The second kappa shape index (κ2) is 12.2. The number of furan rings is 1. The summed E-state index contributed by atoms with van der Waals surface area (Å²) in [6, 6.07) is 13.1. The first-order valence-electron chi connectivity index (χ1n) is 14.3. The van der Waals surface area contributed by atoms with E-state index in [2.05, 4.69) is 10.3 Å². The molecule has 1 aromatic carbocycles. The summed E-state index contributed by atoms with van der Waals surface area (Å²) in [5, 5.41) is 4.38. The van der Waals surface area contributed by atoms with Gasteiger partial charge in [0.15, 0.2) is 5.58 Å². The Hall–Kier alpha value is -4.44. The van der Waals surface area contributed by atoms with Gasteiger partial charge in [0.25, 0.3) is 5.56 Å². The van der Waals surface area contributed by atoms with Crippen molar-refractivity contribution in [1.29, 1.82) is 0 Å². The molecule has 220 valence electrons. The molecule has 10 heteroatoms. The van der Waals surface area contributed by atoms with E-state index in [1.54, 1.807) is 53.7 Å². The molecule has 5 rings (SSSR count). The first-order valence-corrected chi connectivity index (χ1v) is 14.3. The third kappa shape index (κ3) is 5.67. The van der Waals surface area contributed by atoms with Gasteiger partial charge in [0, 0.05) is 56.2 Å². The number of nitrogens with one attached hydrogen (secondary N) is 1. The molecule has 4 aromatic rings. The van der Waals surface area contributed by atoms with Crippen molar-refractivity contribution in [3.63, 3.8) is 0 Å². The second-order valence-corrected chi connectivity index (χ2v) is 11.0. The summed E-state index contributed by atoms with van der Waals surface area (Å²) in [7, 11) is 1.70. The van der Waals surface area contributed by atoms with Gasteiger partial charge in [-0.25, -0.2) is 0 Å². The Labute approximate surface area is 244 Å². The quantitative estimate of drug-likeness (QED) is 0.208. The van der Waals surface area contributed by atoms with E-state index in [0.717, 1.165) is 17.4 Å². The monoisotopic (exact) mass is 571 g/mol. The van der Waals surface area contributed by atoms with Crippen LogP contribution < -0.4 is 25.4 Å². The van der Waals surface area contributed by atoms with Crippen LogP contribution in [0.1, 0.15) is 45.2 Å². The fraction of sp³-hybridized carbons (Fsp3) is 0.375. The number of rotatable bonds is 11. The zero-order valence-electron chi connectivity index (χ0n) is 24.5. The lowest BCUT2D eigenvalue weighted by Crippen LogP contribution is -2.47. The summed E-state index contributed by atoms with van der Waals surface area (Å²) >= 11 is 0. The maximum absolute atomic E-state index is 13.1. The third-order valence-electron chi connectivity index (χ3n) is 7.85. The number of anilines is 2. The minimum absolute atomic E-state index is 0.00836. The molecule has 1 unspecified atom stereocenters. The van der Waals surface area contributed by atoms with Gasteiger partial charge in [0.1, 0.15) is 11.2 Å². The smallest absolute Gasteiger partial charge is 0.294 e. The van der Waals surface area contributed by atoms with Crippen LogP contribution in [0.4, 0.5) is 11.4 Å². The first kappa shape index (κ1) is 29.1. The van der Waals surface area contributed by atoms with E-state index in [1.807, 2.05) is 49.5 Å². The number of carbonyl (C=O) groups excluding carboxylic acids is 2. The molecule has 0 spiro atoms. The lowest BCUT2D eigenvalue weighted by Gasteiger charge is -2.27. The molecule has 3 aromatic heterocycles. The van der Waals surface area contributed by atoms with Crippen molar-refractivity contribution in [2.75, 3.05) is 36.5 Å². The van der Waals surface area contributed by atoms with E-state index in [-0.39, 0.29) is 23.4 Å². The van der Waals surface area contributed by atoms with Crippen molar-refractivity contribution in [2.24, 2.45) is 5.41 Å². The summed E-state index contributed by atoms with van der Waals surface area (Å²) in [6.45, 7) is 7.37. The van der Waals surface area contributed by atoms with Crippen LogP contribution in [0.2, 0.25) is 0 Å². The van der Waals surface area contributed by atoms with Crippen LogP contribution in [0.3, 0.4) is 0 Å². The molecule has 0 aliphatic carbocycles. The maximum atomic E-state index is 13.1. The average Bonchev–Trinajstić information content (AvgIpc) is 3.48. The molecule has 0 fully saturated rings. The lowest BCUT2D eigenvalue weighted by atomic mass is 9.90. The van der Waals surface area contributed by atoms with Crippen molar-refractivity contribution in [3.8, 4) is 5.75 Å². The summed E-state index contributed by atoms with van der Waals surface area (Å²) in [5.41, 5.74) is 1.46. The Kier molecular flexibility index (Phi) is 8.44. The maximum Gasteiger partial charge on any atom is 0.294 e. The number of carbonyl (C=O) groups is 2. The van der Waals surface area contributed by atoms with Gasteiger partial charge in [-0.1, -0.05) is 6.07 Å². The molecule has 42 heavy (non-hydrogen) atoms. The van der Waals surface area contributed by atoms with Crippen LogP contribution in [-0.4, -0.2) is 48.1 Å². The highest BCUT2D eigenvalue weighted by Gasteiger charge is 2.45. The summed E-state index contributed by atoms with van der Waals surface area (Å²) < 4.78 is 13.1. The van der Waals surface area contributed by atoms with Crippen LogP contribution in [0.15, 0.2) is 76.5 Å². The third-order valence-corrected chi connectivity index (χ3v) is 7.85. The molecule has 1 aliphatic rings. The van der Waals surface area contributed by atoms with Gasteiger partial charge in [0.05, 0.1) is 24.2 Å². The average molecular weight is 572 g/mol. The topological polar surface area (TPSA) is 110 Å². The zero-order chi connectivity index (χ0) is 29.9. The van der Waals surface area contributed by atoms with Gasteiger partial charge in [-0.2, -0.15) is 0 Å². The van der Waals surface area contributed by atoms with Crippen LogP contribution in [0.5, 0.6) is 5.75 Å². The summed E-state index contributed by atoms with van der Waals surface area (Å²) in [5.74, 6) is 0.168. The summed E-state index contributed by atoms with van der Waals surface area (Å²) in [4.78, 5) is 46.5. The highest BCUT2D eigenvalue weighted by atomic mass is 16.5. The summed E-state index contributed by atoms with van der Waals surface area (Å²) in [6.07, 6.45) is 8.33. The van der Waals surface area contributed by atoms with E-state index in [0.29, 0.717) is 55.4 Å². The molecule has 1 N–H and O–H groups in total. The van der Waals surface area contributed by atoms with Crippen molar-refractivity contribution in [3.05, 3.63) is 83.2 Å². The van der Waals surface area contributed by atoms with Crippen molar-refractivity contribution in [1.82, 2.24) is 14.9 Å². The fourth-order valence-electron chi connectivity index (χ4n) is 5.41. The first-order chi connectivity index (χ1) is 20.2. The number of aryl methyl sites for hydroxylation is 1. The molecular formula is C32H37N5O5. The fourth-order valence-corrected chi connectivity index (χ4v) is 5.41. The van der Waals surface area contributed by atoms with Crippen molar-refractivity contribution < 1.29 is 18.7 Å². The van der Waals surface area contributed by atoms with E-state index >= 15 is 0 Å². The number of ether oxygens (including phenoxy) is 1. The van der Waals surface area contributed by atoms with E-state index in [4.69, 9.17) is 9.15 Å². The van der Waals surface area contributed by atoms with Crippen molar-refractivity contribution >= 4 is 34.2 Å². The molecule has 10 nitrogen and oxygen atoms in total. The Balaban J connectivity index is 1.21. The standard InChI is InChI=1S/C32H37N5O5/c1-5-37-26-10-9-24(20-27(26)35(4)30(39)32(2,3)31(37)40)41-18-7-15-34-25(23-8-6-14-33-21-23)12-17-36-16-11-22-13-19-42-28(22)29(36)38/h6,8-11,13-14,16,19-21,25,34H,5,7,12,15,17-18H2,1-4H3. The van der Waals surface area contributed by atoms with E-state index in [1.165, 1.54) is 6.26 Å². The minimum atomic E-state index is -1.15. The number of fused-ring (bicyclic) bond motifs is 2. The number of hydrogen-bond acceptors (Lipinski definition) is 7. The van der Waals surface area contributed by atoms with Gasteiger partial charge in [-0.3, -0.25) is 19.4 Å². The van der Waals surface area contributed by atoms with Crippen LogP contribution >= 0.6 is 0 Å².